The molecule has 34 heavy (non-hydrogen) atoms. The largest absolute Gasteiger partial charge is 0.318 e. The molecule has 3 aromatic heterocycles. The van der Waals surface area contributed by atoms with Crippen LogP contribution in [0.3, 0.4) is 0 Å². The number of hydrogen-bond donors (Lipinski definition) is 0. The van der Waals surface area contributed by atoms with E-state index in [-0.39, 0.29) is 17.9 Å². The molecule has 8 nitrogen and oxygen atoms in total. The molecule has 5 heterocycles. The average Bonchev–Trinajstić information content (AvgIpc) is 3.50. The molecule has 0 radical (unpaired) electrons. The van der Waals surface area contributed by atoms with Gasteiger partial charge in [-0.3, -0.25) is 0 Å². The lowest BCUT2D eigenvalue weighted by Gasteiger charge is -2.19. The minimum Gasteiger partial charge on any atom is -0.318 e. The van der Waals surface area contributed by atoms with E-state index in [1.165, 1.54) is 12.4 Å². The van der Waals surface area contributed by atoms with Gasteiger partial charge in [0.05, 0.1) is 17.1 Å². The minimum atomic E-state index is -2.53. The van der Waals surface area contributed by atoms with Gasteiger partial charge < -0.3 is 9.13 Å². The van der Waals surface area contributed by atoms with Gasteiger partial charge in [-0.2, -0.15) is 5.10 Å². The smallest absolute Gasteiger partial charge is 0.188 e. The monoisotopic (exact) mass is 471 g/mol. The van der Waals surface area contributed by atoms with Crippen LogP contribution in [-0.2, 0) is 4.57 Å². The lowest BCUT2D eigenvalue weighted by molar-refractivity contribution is 0.495. The molecule has 0 N–H and O–H groups in total. The molecule has 0 saturated heterocycles. The van der Waals surface area contributed by atoms with Crippen LogP contribution in [0, 0.1) is 5.82 Å². The molecule has 2 atom stereocenters. The second-order valence-corrected chi connectivity index (χ2v) is 12.3. The second kappa shape index (κ2) is 6.67. The summed E-state index contributed by atoms with van der Waals surface area (Å²) in [5.41, 5.74) is 5.23. The van der Waals surface area contributed by atoms with Gasteiger partial charge in [-0.25, -0.2) is 29.0 Å². The molecule has 10 heteroatoms. The lowest BCUT2D eigenvalue weighted by atomic mass is 9.97. The van der Waals surface area contributed by atoms with Crippen LogP contribution in [0.15, 0.2) is 55.1 Å². The molecule has 0 fully saturated rings. The zero-order valence-electron chi connectivity index (χ0n) is 18.4. The Morgan fingerprint density at radius 2 is 1.85 bits per heavy atom. The highest BCUT2D eigenvalue weighted by Crippen LogP contribution is 2.49. The highest BCUT2D eigenvalue weighted by atomic mass is 31.2. The second-order valence-electron chi connectivity index (χ2n) is 9.16. The third-order valence-electron chi connectivity index (χ3n) is 6.72. The maximum Gasteiger partial charge on any atom is 0.188 e. The molecule has 0 unspecified atom stereocenters. The van der Waals surface area contributed by atoms with Gasteiger partial charge in [0, 0.05) is 35.5 Å². The standard InChI is InChI=1S/C24H19FN7OP/c1-34(2,33)24-26-10-14(11-27-24)13-6-7-17-18(8-13)31-19-9-20(23(31)30-17)32-22(28-12-29-32)15-4-3-5-16(25)21(15)19/h3-8,10-12,19-20H,9H2,1-2H3/t19-,20+/m1/s1. The summed E-state index contributed by atoms with van der Waals surface area (Å²) < 4.78 is 31.5. The number of nitrogens with zero attached hydrogens (tertiary/aromatic N) is 7. The Kier molecular flexibility index (Phi) is 3.87. The first kappa shape index (κ1) is 19.7. The third kappa shape index (κ3) is 2.64. The minimum absolute atomic E-state index is 0.129. The van der Waals surface area contributed by atoms with Gasteiger partial charge in [0.2, 0.25) is 0 Å². The van der Waals surface area contributed by atoms with E-state index in [2.05, 4.69) is 24.6 Å². The highest BCUT2D eigenvalue weighted by molar-refractivity contribution is 7.69. The molecule has 168 valence electrons. The van der Waals surface area contributed by atoms with Crippen molar-refractivity contribution in [1.82, 2.24) is 34.3 Å². The number of imidazole rings is 1. The molecule has 2 aliphatic rings. The molecule has 0 saturated carbocycles. The SMILES string of the molecule is CP(C)(=O)c1ncc(-c2ccc3nc4n(c3c2)[C@@H]2C[C@@H]4n3ncnc3-c3cccc(F)c32)cn1. The maximum atomic E-state index is 15.3. The molecule has 2 aromatic carbocycles. The summed E-state index contributed by atoms with van der Waals surface area (Å²) in [6, 6.07) is 10.8. The first-order chi connectivity index (χ1) is 16.4. The Bertz CT molecular complexity index is 1670. The molecule has 0 amide bonds. The summed E-state index contributed by atoms with van der Waals surface area (Å²) >= 11 is 0. The zero-order valence-corrected chi connectivity index (χ0v) is 19.3. The van der Waals surface area contributed by atoms with Crippen molar-refractivity contribution in [3.63, 3.8) is 0 Å². The van der Waals surface area contributed by atoms with Crippen molar-refractivity contribution in [3.05, 3.63) is 72.3 Å². The first-order valence-electron chi connectivity index (χ1n) is 11.0. The molecule has 0 spiro atoms. The number of aromatic nitrogens is 7. The predicted molar refractivity (Wildman–Crippen MR) is 126 cm³/mol. The number of fused-ring (bicyclic) bond motifs is 6. The Morgan fingerprint density at radius 1 is 1.03 bits per heavy atom. The van der Waals surface area contributed by atoms with Gasteiger partial charge in [-0.05, 0) is 37.1 Å². The Morgan fingerprint density at radius 3 is 2.65 bits per heavy atom. The van der Waals surface area contributed by atoms with Crippen LogP contribution in [0.1, 0.15) is 29.9 Å². The summed E-state index contributed by atoms with van der Waals surface area (Å²) in [5.74, 6) is 1.26. The van der Waals surface area contributed by atoms with Crippen LogP contribution >= 0.6 is 7.14 Å². The van der Waals surface area contributed by atoms with Crippen LogP contribution in [0.5, 0.6) is 0 Å². The fourth-order valence-corrected chi connectivity index (χ4v) is 5.89. The molecule has 7 rings (SSSR count). The fraction of sp³-hybridized carbons (Fsp3) is 0.208. The van der Waals surface area contributed by atoms with Crippen molar-refractivity contribution in [2.75, 3.05) is 13.3 Å². The number of benzene rings is 2. The molecular formula is C24H19FN7OP. The van der Waals surface area contributed by atoms with Crippen LogP contribution in [0.25, 0.3) is 33.5 Å². The summed E-state index contributed by atoms with van der Waals surface area (Å²) in [7, 11) is -2.53. The average molecular weight is 471 g/mol. The molecule has 0 aliphatic carbocycles. The Balaban J connectivity index is 1.44. The summed E-state index contributed by atoms with van der Waals surface area (Å²) in [5, 5.41) is 4.48. The summed E-state index contributed by atoms with van der Waals surface area (Å²) in [6.45, 7) is 3.31. The number of hydrogen-bond acceptors (Lipinski definition) is 6. The predicted octanol–water partition coefficient (Wildman–Crippen LogP) is 4.03. The van der Waals surface area contributed by atoms with Crippen molar-refractivity contribution >= 4 is 23.7 Å². The van der Waals surface area contributed by atoms with Crippen molar-refractivity contribution < 1.29 is 8.96 Å². The van der Waals surface area contributed by atoms with Crippen LogP contribution in [-0.4, -0.2) is 47.6 Å². The van der Waals surface area contributed by atoms with Gasteiger partial charge in [0.15, 0.2) is 11.4 Å². The number of halogens is 1. The van der Waals surface area contributed by atoms with Crippen molar-refractivity contribution in [2.45, 2.75) is 18.5 Å². The van der Waals surface area contributed by atoms with Crippen LogP contribution in [0.4, 0.5) is 4.39 Å². The van der Waals surface area contributed by atoms with E-state index in [4.69, 9.17) is 4.98 Å². The van der Waals surface area contributed by atoms with E-state index in [0.29, 0.717) is 23.4 Å². The van der Waals surface area contributed by atoms with Crippen molar-refractivity contribution in [2.24, 2.45) is 0 Å². The van der Waals surface area contributed by atoms with Crippen molar-refractivity contribution in [3.8, 4) is 22.5 Å². The summed E-state index contributed by atoms with van der Waals surface area (Å²) in [6.07, 6.45) is 5.57. The number of rotatable bonds is 2. The molecule has 2 bridgehead atoms. The topological polar surface area (TPSA) is 91.4 Å². The van der Waals surface area contributed by atoms with E-state index in [9.17, 15) is 4.57 Å². The molecule has 5 aromatic rings. The van der Waals surface area contributed by atoms with Crippen LogP contribution in [0.2, 0.25) is 0 Å². The zero-order chi connectivity index (χ0) is 23.2. The van der Waals surface area contributed by atoms with E-state index in [1.807, 2.05) is 28.9 Å². The third-order valence-corrected chi connectivity index (χ3v) is 7.92. The maximum absolute atomic E-state index is 15.3. The summed E-state index contributed by atoms with van der Waals surface area (Å²) in [4.78, 5) is 18.0. The van der Waals surface area contributed by atoms with Crippen LogP contribution < -0.4 is 5.57 Å². The lowest BCUT2D eigenvalue weighted by Crippen LogP contribution is -2.13. The van der Waals surface area contributed by atoms with Gasteiger partial charge in [-0.15, -0.1) is 0 Å². The van der Waals surface area contributed by atoms with Gasteiger partial charge in [-0.1, -0.05) is 18.2 Å². The molecule has 2 aliphatic heterocycles. The first-order valence-corrected chi connectivity index (χ1v) is 13.6. The van der Waals surface area contributed by atoms with Gasteiger partial charge >= 0.3 is 0 Å². The van der Waals surface area contributed by atoms with E-state index in [0.717, 1.165) is 33.5 Å². The highest BCUT2D eigenvalue weighted by Gasteiger charge is 2.42. The fourth-order valence-electron chi connectivity index (χ4n) is 5.22. The van der Waals surface area contributed by atoms with Crippen molar-refractivity contribution in [1.29, 1.82) is 0 Å². The van der Waals surface area contributed by atoms with E-state index >= 15 is 4.39 Å². The Labute approximate surface area is 193 Å². The van der Waals surface area contributed by atoms with Gasteiger partial charge in [0.1, 0.15) is 31.2 Å². The van der Waals surface area contributed by atoms with Gasteiger partial charge in [0.25, 0.3) is 0 Å². The quantitative estimate of drug-likeness (QED) is 0.361. The van der Waals surface area contributed by atoms with E-state index in [1.54, 1.807) is 31.8 Å². The van der Waals surface area contributed by atoms with E-state index < -0.39 is 7.14 Å². The normalized spacial score (nSPS) is 18.4. The molecular weight excluding hydrogens is 452 g/mol. The Hall–Kier alpha value is -3.71.